The van der Waals surface area contributed by atoms with Crippen LogP contribution < -0.4 is 5.32 Å². The second-order valence-corrected chi connectivity index (χ2v) is 19.0. The summed E-state index contributed by atoms with van der Waals surface area (Å²) in [6.07, 6.45) is 69.1. The van der Waals surface area contributed by atoms with Crippen molar-refractivity contribution in [1.29, 1.82) is 0 Å². The summed E-state index contributed by atoms with van der Waals surface area (Å²) in [5, 5.41) is 23.1. The van der Waals surface area contributed by atoms with E-state index in [9.17, 15) is 15.0 Å². The molecule has 2 unspecified atom stereocenters. The normalized spacial score (nSPS) is 12.9. The van der Waals surface area contributed by atoms with Crippen molar-refractivity contribution in [2.45, 2.75) is 321 Å². The van der Waals surface area contributed by atoms with E-state index in [0.717, 1.165) is 32.1 Å². The number of aliphatic hydroxyl groups excluding tert-OH is 2. The van der Waals surface area contributed by atoms with Gasteiger partial charge in [0.05, 0.1) is 18.8 Å². The first-order valence-corrected chi connectivity index (χ1v) is 27.5. The zero-order chi connectivity index (χ0) is 43.5. The first-order valence-electron chi connectivity index (χ1n) is 27.5. The van der Waals surface area contributed by atoms with Gasteiger partial charge in [-0.3, -0.25) is 4.79 Å². The molecule has 0 saturated heterocycles. The van der Waals surface area contributed by atoms with Crippen LogP contribution in [0.3, 0.4) is 0 Å². The minimum absolute atomic E-state index is 0.0280. The second-order valence-electron chi connectivity index (χ2n) is 19.0. The van der Waals surface area contributed by atoms with Gasteiger partial charge in [0, 0.05) is 6.42 Å². The van der Waals surface area contributed by atoms with E-state index in [0.29, 0.717) is 12.8 Å². The summed E-state index contributed by atoms with van der Waals surface area (Å²) in [6.45, 7) is 4.34. The minimum Gasteiger partial charge on any atom is -0.394 e. The fourth-order valence-corrected chi connectivity index (χ4v) is 8.75. The number of unbranched alkanes of at least 4 members (excludes halogenated alkanes) is 40. The number of aliphatic hydroxyl groups is 2. The van der Waals surface area contributed by atoms with E-state index in [1.165, 1.54) is 250 Å². The van der Waals surface area contributed by atoms with E-state index in [2.05, 4.69) is 43.5 Å². The second kappa shape index (κ2) is 52.2. The van der Waals surface area contributed by atoms with Crippen molar-refractivity contribution in [3.63, 3.8) is 0 Å². The number of allylic oxidation sites excluding steroid dienone is 4. The molecule has 0 bridgehead atoms. The van der Waals surface area contributed by atoms with Gasteiger partial charge >= 0.3 is 0 Å². The Morgan fingerprint density at radius 2 is 0.683 bits per heavy atom. The van der Waals surface area contributed by atoms with Crippen LogP contribution in [0.2, 0.25) is 0 Å². The van der Waals surface area contributed by atoms with E-state index >= 15 is 0 Å². The van der Waals surface area contributed by atoms with Gasteiger partial charge in [-0.2, -0.15) is 0 Å². The van der Waals surface area contributed by atoms with Crippen LogP contribution in [-0.2, 0) is 4.79 Å². The van der Waals surface area contributed by atoms with Gasteiger partial charge in [0.2, 0.25) is 5.91 Å². The van der Waals surface area contributed by atoms with Gasteiger partial charge in [-0.05, 0) is 44.9 Å². The van der Waals surface area contributed by atoms with Crippen molar-refractivity contribution in [3.8, 4) is 0 Å². The highest BCUT2D eigenvalue weighted by atomic mass is 16.3. The first kappa shape index (κ1) is 58.9. The third kappa shape index (κ3) is 47.9. The predicted octanol–water partition coefficient (Wildman–Crippen LogP) is 17.9. The van der Waals surface area contributed by atoms with Crippen LogP contribution >= 0.6 is 0 Å². The number of carbonyl (C=O) groups is 1. The monoisotopic (exact) mass is 844 g/mol. The van der Waals surface area contributed by atoms with Gasteiger partial charge in [0.1, 0.15) is 0 Å². The van der Waals surface area contributed by atoms with E-state index in [4.69, 9.17) is 0 Å². The highest BCUT2D eigenvalue weighted by molar-refractivity contribution is 5.76. The first-order chi connectivity index (χ1) is 29.7. The number of nitrogens with one attached hydrogen (secondary N) is 1. The summed E-state index contributed by atoms with van der Waals surface area (Å²) in [4.78, 5) is 12.4. The van der Waals surface area contributed by atoms with Gasteiger partial charge in [-0.1, -0.05) is 282 Å². The van der Waals surface area contributed by atoms with Gasteiger partial charge in [0.25, 0.3) is 0 Å². The zero-order valence-corrected chi connectivity index (χ0v) is 41.0. The Hall–Kier alpha value is -1.13. The van der Waals surface area contributed by atoms with Gasteiger partial charge in [0.15, 0.2) is 0 Å². The van der Waals surface area contributed by atoms with Crippen molar-refractivity contribution in [2.75, 3.05) is 6.61 Å². The molecule has 0 saturated carbocycles. The molecule has 4 heteroatoms. The number of amides is 1. The largest absolute Gasteiger partial charge is 0.394 e. The molecule has 356 valence electrons. The highest BCUT2D eigenvalue weighted by Gasteiger charge is 2.20. The lowest BCUT2D eigenvalue weighted by molar-refractivity contribution is -0.123. The molecule has 0 aromatic carbocycles. The third-order valence-corrected chi connectivity index (χ3v) is 13.0. The lowest BCUT2D eigenvalue weighted by atomic mass is 10.0. The smallest absolute Gasteiger partial charge is 0.220 e. The molecule has 0 rings (SSSR count). The molecule has 3 N–H and O–H groups in total. The summed E-state index contributed by atoms with van der Waals surface area (Å²) < 4.78 is 0. The Morgan fingerprint density at radius 3 is 1.00 bits per heavy atom. The van der Waals surface area contributed by atoms with Gasteiger partial charge < -0.3 is 15.5 Å². The molecule has 0 spiro atoms. The van der Waals surface area contributed by atoms with Crippen molar-refractivity contribution in [1.82, 2.24) is 5.32 Å². The van der Waals surface area contributed by atoms with Gasteiger partial charge in [-0.25, -0.2) is 0 Å². The summed E-state index contributed by atoms with van der Waals surface area (Å²) in [6, 6.07) is -0.530. The highest BCUT2D eigenvalue weighted by Crippen LogP contribution is 2.18. The summed E-state index contributed by atoms with van der Waals surface area (Å²) in [7, 11) is 0. The maximum atomic E-state index is 12.4. The Kier molecular flexibility index (Phi) is 51.2. The Bertz CT molecular complexity index is 871. The van der Waals surface area contributed by atoms with E-state index < -0.39 is 12.1 Å². The van der Waals surface area contributed by atoms with E-state index in [1.54, 1.807) is 0 Å². The molecule has 4 nitrogen and oxygen atoms in total. The molecule has 0 heterocycles. The minimum atomic E-state index is -0.653. The van der Waals surface area contributed by atoms with Gasteiger partial charge in [-0.15, -0.1) is 0 Å². The lowest BCUT2D eigenvalue weighted by Crippen LogP contribution is -2.45. The Balaban J connectivity index is 3.31. The van der Waals surface area contributed by atoms with Crippen LogP contribution in [0, 0.1) is 0 Å². The van der Waals surface area contributed by atoms with Crippen LogP contribution in [-0.4, -0.2) is 34.9 Å². The molecule has 0 aliphatic rings. The quantitative estimate of drug-likeness (QED) is 0.0422. The van der Waals surface area contributed by atoms with Crippen LogP contribution in [0.4, 0.5) is 0 Å². The van der Waals surface area contributed by atoms with E-state index in [-0.39, 0.29) is 12.5 Å². The molecule has 1 amide bonds. The molecule has 0 aromatic heterocycles. The summed E-state index contributed by atoms with van der Waals surface area (Å²) in [5.74, 6) is -0.0280. The van der Waals surface area contributed by atoms with Crippen molar-refractivity contribution in [3.05, 3.63) is 24.3 Å². The molecule has 0 fully saturated rings. The molecule has 0 aromatic rings. The Labute approximate surface area is 377 Å². The molecule has 0 aliphatic carbocycles. The third-order valence-electron chi connectivity index (χ3n) is 13.0. The topological polar surface area (TPSA) is 69.6 Å². The fraction of sp³-hybridized carbons (Fsp3) is 0.911. The SMILES string of the molecule is CCCCCCC/C=C\C/C=C\CCCCCCCCCCCCCCCCCCCCCCCCCCCCCC(=O)NC(CO)C(O)CCCCCCCCCCC. The molecule has 2 atom stereocenters. The van der Waals surface area contributed by atoms with Crippen molar-refractivity contribution >= 4 is 5.91 Å². The standard InChI is InChI=1S/C56H109NO3/c1-3-5-7-9-11-13-14-15-16-17-18-19-20-21-22-23-24-25-26-27-28-29-30-31-32-33-34-35-36-37-38-39-40-41-42-44-46-48-50-52-56(60)57-54(53-58)55(59)51-49-47-45-43-12-10-8-6-4-2/h14-15,17-18,54-55,58-59H,3-13,16,19-53H2,1-2H3,(H,57,60)/b15-14-,18-17-. The maximum Gasteiger partial charge on any atom is 0.220 e. The summed E-state index contributed by atoms with van der Waals surface area (Å²) in [5.41, 5.74) is 0. The van der Waals surface area contributed by atoms with Crippen molar-refractivity contribution < 1.29 is 15.0 Å². The number of rotatable bonds is 51. The van der Waals surface area contributed by atoms with E-state index in [1.807, 2.05) is 0 Å². The fourth-order valence-electron chi connectivity index (χ4n) is 8.75. The predicted molar refractivity (Wildman–Crippen MR) is 267 cm³/mol. The average molecular weight is 844 g/mol. The zero-order valence-electron chi connectivity index (χ0n) is 41.0. The lowest BCUT2D eigenvalue weighted by Gasteiger charge is -2.22. The van der Waals surface area contributed by atoms with Crippen LogP contribution in [0.15, 0.2) is 24.3 Å². The molecular formula is C56H109NO3. The number of hydrogen-bond donors (Lipinski definition) is 3. The van der Waals surface area contributed by atoms with Crippen molar-refractivity contribution in [2.24, 2.45) is 0 Å². The number of carbonyl (C=O) groups excluding carboxylic acids is 1. The number of hydrogen-bond acceptors (Lipinski definition) is 3. The van der Waals surface area contributed by atoms with Crippen LogP contribution in [0.1, 0.15) is 309 Å². The molecular weight excluding hydrogens is 735 g/mol. The maximum absolute atomic E-state index is 12.4. The average Bonchev–Trinajstić information content (AvgIpc) is 3.25. The van der Waals surface area contributed by atoms with Crippen LogP contribution in [0.25, 0.3) is 0 Å². The molecule has 60 heavy (non-hydrogen) atoms. The molecule has 0 aliphatic heterocycles. The van der Waals surface area contributed by atoms with Crippen LogP contribution in [0.5, 0.6) is 0 Å². The molecule has 0 radical (unpaired) electrons. The summed E-state index contributed by atoms with van der Waals surface area (Å²) >= 11 is 0. The Morgan fingerprint density at radius 1 is 0.400 bits per heavy atom.